The Morgan fingerprint density at radius 2 is 1.68 bits per heavy atom. The highest BCUT2D eigenvalue weighted by Crippen LogP contribution is 2.43. The van der Waals surface area contributed by atoms with Gasteiger partial charge in [0.2, 0.25) is 5.91 Å². The Kier molecular flexibility index (Phi) is 6.97. The van der Waals surface area contributed by atoms with E-state index in [0.717, 1.165) is 0 Å². The lowest BCUT2D eigenvalue weighted by atomic mass is 9.97. The van der Waals surface area contributed by atoms with E-state index in [-0.39, 0.29) is 35.7 Å². The molecule has 0 atom stereocenters. The largest absolute Gasteiger partial charge is 0.416 e. The first kappa shape index (κ1) is 26.6. The van der Waals surface area contributed by atoms with Crippen LogP contribution in [0.2, 0.25) is 0 Å². The zero-order valence-electron chi connectivity index (χ0n) is 19.4. The minimum absolute atomic E-state index is 0.0274. The highest BCUT2D eigenvalue weighted by atomic mass is 79.9. The van der Waals surface area contributed by atoms with Crippen LogP contribution < -0.4 is 0 Å². The van der Waals surface area contributed by atoms with E-state index in [4.69, 9.17) is 0 Å². The number of likely N-dealkylation sites (tertiary alicyclic amines) is 1. The molecular weight excluding hydrogens is 600 g/mol. The van der Waals surface area contributed by atoms with Gasteiger partial charge in [0.05, 0.1) is 31.9 Å². The van der Waals surface area contributed by atoms with Crippen LogP contribution in [0.1, 0.15) is 34.9 Å². The minimum atomic E-state index is -4.94. The molecule has 0 saturated carbocycles. The van der Waals surface area contributed by atoms with Crippen LogP contribution in [-0.2, 0) is 23.7 Å². The van der Waals surface area contributed by atoms with Gasteiger partial charge in [0, 0.05) is 30.8 Å². The topological polar surface area (TPSA) is 63.9 Å². The number of piperidine rings is 1. The number of fused-ring (bicyclic) bond motifs is 1. The van der Waals surface area contributed by atoms with Crippen molar-refractivity contribution in [2.75, 3.05) is 13.1 Å². The summed E-state index contributed by atoms with van der Waals surface area (Å²) in [7, 11) is 0. The lowest BCUT2D eigenvalue weighted by Gasteiger charge is -2.31. The maximum Gasteiger partial charge on any atom is 0.416 e. The third-order valence-electron chi connectivity index (χ3n) is 6.34. The number of halogens is 7. The summed E-state index contributed by atoms with van der Waals surface area (Å²) in [4.78, 5) is 27.5. The van der Waals surface area contributed by atoms with Crippen LogP contribution in [0.25, 0.3) is 22.4 Å². The van der Waals surface area contributed by atoms with Crippen molar-refractivity contribution in [1.82, 2.24) is 24.4 Å². The van der Waals surface area contributed by atoms with Gasteiger partial charge < -0.3 is 9.47 Å². The molecule has 1 aromatic carbocycles. The van der Waals surface area contributed by atoms with Crippen LogP contribution in [0.15, 0.2) is 46.6 Å². The van der Waals surface area contributed by atoms with Gasteiger partial charge in [0.25, 0.3) is 0 Å². The molecule has 3 aromatic heterocycles. The molecule has 1 aliphatic heterocycles. The zero-order chi connectivity index (χ0) is 27.2. The van der Waals surface area contributed by atoms with Gasteiger partial charge in [0.1, 0.15) is 12.1 Å². The fraction of sp³-hybridized carbons (Fsp3) is 0.333. The Hall–Kier alpha value is -3.00. The summed E-state index contributed by atoms with van der Waals surface area (Å²) >= 11 is 4.45. The number of carbonyl (C=O) groups excluding carboxylic acids is 1. The average Bonchev–Trinajstić information content (AvgIpc) is 3.46. The Bertz CT molecular complexity index is 1460. The minimum Gasteiger partial charge on any atom is -0.341 e. The van der Waals surface area contributed by atoms with Crippen LogP contribution in [0.3, 0.4) is 0 Å². The van der Waals surface area contributed by atoms with E-state index < -0.39 is 23.5 Å². The fourth-order valence-electron chi connectivity index (χ4n) is 4.40. The molecule has 6 nitrogen and oxygen atoms in total. The molecule has 1 fully saturated rings. The molecule has 1 amide bonds. The maximum atomic E-state index is 13.3. The molecule has 0 bridgehead atoms. The summed E-state index contributed by atoms with van der Waals surface area (Å²) < 4.78 is 81.9. The lowest BCUT2D eigenvalue weighted by molar-refractivity contribution is -0.143. The first-order chi connectivity index (χ1) is 17.9. The van der Waals surface area contributed by atoms with E-state index in [1.807, 2.05) is 0 Å². The number of nitrogens with zero attached hydrogens (tertiary/aromatic N) is 5. The summed E-state index contributed by atoms with van der Waals surface area (Å²) in [6, 6.07) is 5.01. The molecule has 0 aliphatic carbocycles. The summed E-state index contributed by atoms with van der Waals surface area (Å²) in [6.07, 6.45) is -5.58. The zero-order valence-corrected chi connectivity index (χ0v) is 21.8. The summed E-state index contributed by atoms with van der Waals surface area (Å²) in [5.74, 6) is -0.184. The van der Waals surface area contributed by atoms with E-state index in [2.05, 4.69) is 30.9 Å². The molecule has 0 radical (unpaired) electrons. The van der Waals surface area contributed by atoms with E-state index in [9.17, 15) is 31.1 Å². The quantitative estimate of drug-likeness (QED) is 0.237. The van der Waals surface area contributed by atoms with Gasteiger partial charge >= 0.3 is 12.4 Å². The molecule has 0 spiro atoms. The molecule has 0 N–H and O–H groups in total. The molecule has 0 unspecified atom stereocenters. The molecular formula is C24H18BrF6N5OS. The second-order valence-electron chi connectivity index (χ2n) is 8.84. The second kappa shape index (κ2) is 9.95. The maximum absolute atomic E-state index is 13.3. The fourth-order valence-corrected chi connectivity index (χ4v) is 6.19. The lowest BCUT2D eigenvalue weighted by Crippen LogP contribution is -2.39. The van der Waals surface area contributed by atoms with Gasteiger partial charge in [-0.05, 0) is 59.1 Å². The van der Waals surface area contributed by atoms with Crippen molar-refractivity contribution in [2.24, 2.45) is 0 Å². The number of aromatic nitrogens is 4. The Morgan fingerprint density at radius 3 is 2.32 bits per heavy atom. The monoisotopic (exact) mass is 617 g/mol. The van der Waals surface area contributed by atoms with Crippen molar-refractivity contribution in [1.29, 1.82) is 0 Å². The number of rotatable bonds is 4. The number of amides is 1. The van der Waals surface area contributed by atoms with Crippen molar-refractivity contribution in [2.45, 2.75) is 37.7 Å². The van der Waals surface area contributed by atoms with Crippen molar-refractivity contribution in [3.63, 3.8) is 0 Å². The number of alkyl halides is 6. The standard InChI is InChI=1S/C24H18BrF6N5OS/c25-20-19(14-8-15(23(26,27)28)10-16(9-14)24(29,30)31)34-22(38-20)13-3-6-35(7-4-13)18(37)11-36-12-33-17-2-1-5-32-21(17)36/h1-2,5,8-10,12-13H,3-4,6-7,11H2. The van der Waals surface area contributed by atoms with Crippen LogP contribution >= 0.6 is 27.3 Å². The van der Waals surface area contributed by atoms with Crippen molar-refractivity contribution < 1.29 is 31.1 Å². The molecule has 1 aliphatic rings. The first-order valence-electron chi connectivity index (χ1n) is 11.4. The Morgan fingerprint density at radius 1 is 1.03 bits per heavy atom. The van der Waals surface area contributed by atoms with Gasteiger partial charge in [-0.3, -0.25) is 4.79 Å². The number of hydrogen-bond donors (Lipinski definition) is 0. The number of carbonyl (C=O) groups is 1. The number of hydrogen-bond acceptors (Lipinski definition) is 5. The van der Waals surface area contributed by atoms with Gasteiger partial charge in [0.15, 0.2) is 5.65 Å². The van der Waals surface area contributed by atoms with Gasteiger partial charge in [-0.25, -0.2) is 15.0 Å². The highest BCUT2D eigenvalue weighted by Gasteiger charge is 2.37. The molecule has 200 valence electrons. The number of imidazole rings is 1. The second-order valence-corrected chi connectivity index (χ2v) is 11.2. The third kappa shape index (κ3) is 5.41. The van der Waals surface area contributed by atoms with E-state index in [1.54, 1.807) is 34.1 Å². The van der Waals surface area contributed by atoms with E-state index >= 15 is 0 Å². The summed E-state index contributed by atoms with van der Waals surface area (Å²) in [5.41, 5.74) is -1.73. The Labute approximate surface area is 224 Å². The predicted molar refractivity (Wildman–Crippen MR) is 131 cm³/mol. The number of thiazole rings is 1. The van der Waals surface area contributed by atoms with Crippen LogP contribution in [-0.4, -0.2) is 43.4 Å². The smallest absolute Gasteiger partial charge is 0.341 e. The van der Waals surface area contributed by atoms with Crippen molar-refractivity contribution >= 4 is 44.3 Å². The number of pyridine rings is 1. The summed E-state index contributed by atoms with van der Waals surface area (Å²) in [6.45, 7) is 0.970. The Balaban J connectivity index is 1.31. The molecule has 1 saturated heterocycles. The summed E-state index contributed by atoms with van der Waals surface area (Å²) in [5, 5.41) is 0.592. The van der Waals surface area contributed by atoms with E-state index in [1.165, 1.54) is 11.3 Å². The predicted octanol–water partition coefficient (Wildman–Crippen LogP) is 6.76. The average molecular weight is 618 g/mol. The van der Waals surface area contributed by atoms with Crippen molar-refractivity contribution in [3.05, 3.63) is 62.8 Å². The van der Waals surface area contributed by atoms with Crippen LogP contribution in [0, 0.1) is 0 Å². The number of benzene rings is 1. The van der Waals surface area contributed by atoms with Crippen LogP contribution in [0.5, 0.6) is 0 Å². The third-order valence-corrected chi connectivity index (χ3v) is 8.21. The van der Waals surface area contributed by atoms with Gasteiger partial charge in [-0.1, -0.05) is 0 Å². The molecule has 4 heterocycles. The highest BCUT2D eigenvalue weighted by molar-refractivity contribution is 9.11. The first-order valence-corrected chi connectivity index (χ1v) is 13.0. The van der Waals surface area contributed by atoms with Crippen molar-refractivity contribution in [3.8, 4) is 11.3 Å². The SMILES string of the molecule is O=C(Cn1cnc2cccnc21)N1CCC(c2nc(-c3cc(C(F)(F)F)cc(C(F)(F)F)c3)c(Br)s2)CC1. The molecule has 5 rings (SSSR count). The van der Waals surface area contributed by atoms with Gasteiger partial charge in [-0.2, -0.15) is 26.3 Å². The normalized spacial score (nSPS) is 15.4. The van der Waals surface area contributed by atoms with Gasteiger partial charge in [-0.15, -0.1) is 11.3 Å². The van der Waals surface area contributed by atoms with E-state index in [0.29, 0.717) is 58.0 Å². The molecule has 4 aromatic rings. The molecule has 14 heteroatoms. The van der Waals surface area contributed by atoms with Crippen LogP contribution in [0.4, 0.5) is 26.3 Å². The molecule has 38 heavy (non-hydrogen) atoms.